The molecule has 3 aromatic rings. The predicted octanol–water partition coefficient (Wildman–Crippen LogP) is 3.83. The first-order valence-electron chi connectivity index (χ1n) is 10.8. The van der Waals surface area contributed by atoms with Crippen LogP contribution in [0.2, 0.25) is 0 Å². The Balaban J connectivity index is 1.53. The first-order chi connectivity index (χ1) is 15.4. The van der Waals surface area contributed by atoms with E-state index in [1.807, 2.05) is 36.3 Å². The van der Waals surface area contributed by atoms with Gasteiger partial charge in [-0.3, -0.25) is 4.79 Å². The molecule has 0 saturated carbocycles. The molecule has 0 radical (unpaired) electrons. The maximum Gasteiger partial charge on any atom is 0.243 e. The summed E-state index contributed by atoms with van der Waals surface area (Å²) in [6.07, 6.45) is 0.917. The standard InChI is InChI=1S/C22H28N4O3S3/c1-4-25(5-2)32(28,29)17-7-8-19-18(13-17)23-22(26(19)6-3)31-15-21(27)24-11-9-20-16(14-24)10-12-30-20/h7-8,10,12-13H,4-6,9,11,14-15H2,1-3H3. The molecule has 2 aromatic heterocycles. The normalized spacial score (nSPS) is 14.3. The lowest BCUT2D eigenvalue weighted by molar-refractivity contribution is -0.129. The molecule has 0 saturated heterocycles. The highest BCUT2D eigenvalue weighted by Crippen LogP contribution is 2.29. The first-order valence-corrected chi connectivity index (χ1v) is 14.2. The summed E-state index contributed by atoms with van der Waals surface area (Å²) in [5.74, 6) is 0.416. The van der Waals surface area contributed by atoms with Gasteiger partial charge in [0.25, 0.3) is 0 Å². The number of aryl methyl sites for hydroxylation is 1. The third-order valence-corrected chi connectivity index (χ3v) is 9.86. The van der Waals surface area contributed by atoms with E-state index in [9.17, 15) is 13.2 Å². The van der Waals surface area contributed by atoms with E-state index in [0.29, 0.717) is 37.4 Å². The van der Waals surface area contributed by atoms with E-state index < -0.39 is 10.0 Å². The van der Waals surface area contributed by atoms with Crippen molar-refractivity contribution in [2.75, 3.05) is 25.4 Å². The van der Waals surface area contributed by atoms with Gasteiger partial charge in [-0.05, 0) is 48.6 Å². The molecule has 0 unspecified atom stereocenters. The van der Waals surface area contributed by atoms with Crippen LogP contribution in [0.1, 0.15) is 31.2 Å². The molecule has 0 atom stereocenters. The van der Waals surface area contributed by atoms with Gasteiger partial charge >= 0.3 is 0 Å². The van der Waals surface area contributed by atoms with E-state index in [1.54, 1.807) is 23.5 Å². The fraction of sp³-hybridized carbons (Fsp3) is 0.455. The van der Waals surface area contributed by atoms with Gasteiger partial charge in [-0.1, -0.05) is 25.6 Å². The SMILES string of the molecule is CCN(CC)S(=O)(=O)c1ccc2c(c1)nc(SCC(=O)N1CCc3sccc3C1)n2CC. The van der Waals surface area contributed by atoms with Gasteiger partial charge < -0.3 is 9.47 Å². The summed E-state index contributed by atoms with van der Waals surface area (Å²) in [5, 5.41) is 2.83. The van der Waals surface area contributed by atoms with Crippen LogP contribution in [0.25, 0.3) is 11.0 Å². The van der Waals surface area contributed by atoms with Crippen LogP contribution >= 0.6 is 23.1 Å². The molecule has 1 aromatic carbocycles. The smallest absolute Gasteiger partial charge is 0.243 e. The molecular weight excluding hydrogens is 464 g/mol. The van der Waals surface area contributed by atoms with Crippen LogP contribution in [-0.2, 0) is 34.3 Å². The van der Waals surface area contributed by atoms with Crippen LogP contribution in [0.4, 0.5) is 0 Å². The number of carbonyl (C=O) groups is 1. The van der Waals surface area contributed by atoms with Gasteiger partial charge in [0.15, 0.2) is 5.16 Å². The lowest BCUT2D eigenvalue weighted by Crippen LogP contribution is -2.36. The summed E-state index contributed by atoms with van der Waals surface area (Å²) in [6, 6.07) is 7.21. The van der Waals surface area contributed by atoms with Gasteiger partial charge in [0.1, 0.15) is 0 Å². The number of sulfonamides is 1. The second-order valence-corrected chi connectivity index (χ2v) is 11.5. The minimum absolute atomic E-state index is 0.103. The molecule has 0 N–H and O–H groups in total. The minimum atomic E-state index is -3.55. The molecule has 10 heteroatoms. The summed E-state index contributed by atoms with van der Waals surface area (Å²) in [6.45, 7) is 8.66. The molecule has 172 valence electrons. The number of thioether (sulfide) groups is 1. The minimum Gasteiger partial charge on any atom is -0.337 e. The average molecular weight is 493 g/mol. The molecule has 0 bridgehead atoms. The van der Waals surface area contributed by atoms with Crippen molar-refractivity contribution in [1.82, 2.24) is 18.8 Å². The molecule has 0 aliphatic carbocycles. The van der Waals surface area contributed by atoms with Crippen LogP contribution in [0.15, 0.2) is 39.7 Å². The van der Waals surface area contributed by atoms with Gasteiger partial charge in [0.2, 0.25) is 15.9 Å². The molecule has 32 heavy (non-hydrogen) atoms. The molecule has 7 nitrogen and oxygen atoms in total. The van der Waals surface area contributed by atoms with Crippen molar-refractivity contribution in [2.24, 2.45) is 0 Å². The Morgan fingerprint density at radius 1 is 1.22 bits per heavy atom. The van der Waals surface area contributed by atoms with E-state index in [2.05, 4.69) is 16.4 Å². The number of hydrogen-bond acceptors (Lipinski definition) is 6. The van der Waals surface area contributed by atoms with Crippen LogP contribution in [0, 0.1) is 0 Å². The Labute approximate surface area is 197 Å². The predicted molar refractivity (Wildman–Crippen MR) is 130 cm³/mol. The lowest BCUT2D eigenvalue weighted by atomic mass is 10.1. The highest BCUT2D eigenvalue weighted by molar-refractivity contribution is 7.99. The number of aromatic nitrogens is 2. The van der Waals surface area contributed by atoms with E-state index in [-0.39, 0.29) is 10.8 Å². The Morgan fingerprint density at radius 3 is 2.72 bits per heavy atom. The number of carbonyl (C=O) groups excluding carboxylic acids is 1. The summed E-state index contributed by atoms with van der Waals surface area (Å²) in [7, 11) is -3.55. The number of nitrogens with zero attached hydrogens (tertiary/aromatic N) is 4. The van der Waals surface area contributed by atoms with E-state index >= 15 is 0 Å². The fourth-order valence-corrected chi connectivity index (χ4v) is 7.40. The second kappa shape index (κ2) is 9.54. The van der Waals surface area contributed by atoms with Gasteiger partial charge in [0, 0.05) is 37.6 Å². The largest absolute Gasteiger partial charge is 0.337 e. The number of imidazole rings is 1. The molecule has 3 heterocycles. The van der Waals surface area contributed by atoms with Crippen molar-refractivity contribution in [3.63, 3.8) is 0 Å². The third-order valence-electron chi connectivity index (χ3n) is 5.83. The topological polar surface area (TPSA) is 75.5 Å². The van der Waals surface area contributed by atoms with Crippen molar-refractivity contribution in [3.05, 3.63) is 40.1 Å². The Kier molecular flexibility index (Phi) is 6.94. The summed E-state index contributed by atoms with van der Waals surface area (Å²) >= 11 is 3.18. The van der Waals surface area contributed by atoms with Crippen molar-refractivity contribution in [3.8, 4) is 0 Å². The summed E-state index contributed by atoms with van der Waals surface area (Å²) < 4.78 is 29.3. The average Bonchev–Trinajstić information content (AvgIpc) is 3.40. The van der Waals surface area contributed by atoms with E-state index in [1.165, 1.54) is 26.5 Å². The van der Waals surface area contributed by atoms with Crippen molar-refractivity contribution in [1.29, 1.82) is 0 Å². The lowest BCUT2D eigenvalue weighted by Gasteiger charge is -2.26. The Hall–Kier alpha value is -1.88. The Morgan fingerprint density at radius 2 is 2.00 bits per heavy atom. The second-order valence-electron chi connectivity index (χ2n) is 7.60. The molecular formula is C22H28N4O3S3. The molecule has 0 fully saturated rings. The van der Waals surface area contributed by atoms with Gasteiger partial charge in [0.05, 0.1) is 21.7 Å². The number of fused-ring (bicyclic) bond motifs is 2. The van der Waals surface area contributed by atoms with Crippen LogP contribution in [0.5, 0.6) is 0 Å². The van der Waals surface area contributed by atoms with Crippen molar-refractivity contribution >= 4 is 50.1 Å². The van der Waals surface area contributed by atoms with Crippen molar-refractivity contribution in [2.45, 2.75) is 50.3 Å². The molecule has 1 aliphatic heterocycles. The first kappa shape index (κ1) is 23.3. The van der Waals surface area contributed by atoms with Gasteiger partial charge in [-0.15, -0.1) is 11.3 Å². The monoisotopic (exact) mass is 492 g/mol. The Bertz CT molecular complexity index is 1230. The van der Waals surface area contributed by atoms with Crippen LogP contribution in [-0.4, -0.2) is 58.5 Å². The zero-order chi connectivity index (χ0) is 22.9. The quantitative estimate of drug-likeness (QED) is 0.447. The maximum absolute atomic E-state index is 12.9. The van der Waals surface area contributed by atoms with Crippen molar-refractivity contribution < 1.29 is 13.2 Å². The van der Waals surface area contributed by atoms with E-state index in [4.69, 9.17) is 0 Å². The fourth-order valence-electron chi connectivity index (χ4n) is 4.06. The zero-order valence-corrected chi connectivity index (χ0v) is 21.0. The number of amides is 1. The van der Waals surface area contributed by atoms with Crippen LogP contribution in [0.3, 0.4) is 0 Å². The number of hydrogen-bond donors (Lipinski definition) is 0. The zero-order valence-electron chi connectivity index (χ0n) is 18.6. The van der Waals surface area contributed by atoms with Gasteiger partial charge in [-0.25, -0.2) is 13.4 Å². The van der Waals surface area contributed by atoms with Crippen LogP contribution < -0.4 is 0 Å². The number of rotatable bonds is 8. The number of thiophene rings is 1. The molecule has 4 rings (SSSR count). The van der Waals surface area contributed by atoms with Gasteiger partial charge in [-0.2, -0.15) is 4.31 Å². The molecule has 1 aliphatic rings. The summed E-state index contributed by atoms with van der Waals surface area (Å²) in [5.41, 5.74) is 2.76. The maximum atomic E-state index is 12.9. The summed E-state index contributed by atoms with van der Waals surface area (Å²) in [4.78, 5) is 21.1. The highest BCUT2D eigenvalue weighted by Gasteiger charge is 2.24. The highest BCUT2D eigenvalue weighted by atomic mass is 32.2. The molecule has 0 spiro atoms. The van der Waals surface area contributed by atoms with E-state index in [0.717, 1.165) is 23.6 Å². The number of benzene rings is 1. The third kappa shape index (κ3) is 4.33. The molecule has 1 amide bonds.